The topological polar surface area (TPSA) is 78.9 Å². The van der Waals surface area contributed by atoms with Crippen molar-refractivity contribution in [3.8, 4) is 0 Å². The molecule has 0 saturated heterocycles. The third-order valence-electron chi connectivity index (χ3n) is 14.4. The van der Waals surface area contributed by atoms with E-state index in [0.29, 0.717) is 19.3 Å². The summed E-state index contributed by atoms with van der Waals surface area (Å²) >= 11 is 0. The summed E-state index contributed by atoms with van der Waals surface area (Å²) in [5.74, 6) is -0.868. The highest BCUT2D eigenvalue weighted by Gasteiger charge is 2.19. The summed E-state index contributed by atoms with van der Waals surface area (Å²) in [6.45, 7) is 6.58. The quantitative estimate of drug-likeness (QED) is 0.0261. The van der Waals surface area contributed by atoms with Crippen LogP contribution in [0.2, 0.25) is 0 Å². The van der Waals surface area contributed by atoms with Crippen molar-refractivity contribution in [3.63, 3.8) is 0 Å². The lowest BCUT2D eigenvalue weighted by atomic mass is 10.0. The van der Waals surface area contributed by atoms with Gasteiger partial charge in [0.25, 0.3) is 0 Å². The van der Waals surface area contributed by atoms with E-state index in [9.17, 15) is 14.4 Å². The van der Waals surface area contributed by atoms with Crippen molar-refractivity contribution < 1.29 is 28.6 Å². The Bertz CT molecular complexity index is 1150. The maximum atomic E-state index is 12.7. The van der Waals surface area contributed by atoms with Crippen LogP contribution in [-0.2, 0) is 28.6 Å². The molecule has 0 bridgehead atoms. The molecule has 0 amide bonds. The molecule has 0 radical (unpaired) electrons. The van der Waals surface area contributed by atoms with Gasteiger partial charge in [0.1, 0.15) is 13.2 Å². The summed E-state index contributed by atoms with van der Waals surface area (Å²) in [7, 11) is 0. The van der Waals surface area contributed by atoms with Crippen LogP contribution in [0.15, 0.2) is 24.3 Å². The first-order valence-electron chi connectivity index (χ1n) is 31.8. The molecule has 6 nitrogen and oxygen atoms in total. The van der Waals surface area contributed by atoms with E-state index in [1.54, 1.807) is 0 Å². The van der Waals surface area contributed by atoms with E-state index >= 15 is 0 Å². The zero-order chi connectivity index (χ0) is 51.4. The minimum absolute atomic E-state index is 0.0698. The molecule has 6 heteroatoms. The summed E-state index contributed by atoms with van der Waals surface area (Å²) in [6.07, 6.45) is 72.5. The van der Waals surface area contributed by atoms with Crippen molar-refractivity contribution in [1.82, 2.24) is 0 Å². The lowest BCUT2D eigenvalue weighted by Crippen LogP contribution is -2.30. The molecule has 0 N–H and O–H groups in total. The molecule has 0 heterocycles. The number of carbonyl (C=O) groups is 3. The Labute approximate surface area is 443 Å². The van der Waals surface area contributed by atoms with Gasteiger partial charge in [-0.3, -0.25) is 14.4 Å². The molecule has 0 rings (SSSR count). The number of rotatable bonds is 59. The zero-order valence-corrected chi connectivity index (χ0v) is 48.0. The largest absolute Gasteiger partial charge is 0.462 e. The molecule has 418 valence electrons. The molecule has 1 atom stereocenters. The fourth-order valence-electron chi connectivity index (χ4n) is 9.62. The zero-order valence-electron chi connectivity index (χ0n) is 48.0. The number of hydrogen-bond donors (Lipinski definition) is 0. The van der Waals surface area contributed by atoms with E-state index in [-0.39, 0.29) is 31.1 Å². The fourth-order valence-corrected chi connectivity index (χ4v) is 9.62. The molecule has 71 heavy (non-hydrogen) atoms. The van der Waals surface area contributed by atoms with Crippen molar-refractivity contribution >= 4 is 17.9 Å². The second-order valence-corrected chi connectivity index (χ2v) is 21.7. The predicted molar refractivity (Wildman–Crippen MR) is 307 cm³/mol. The van der Waals surface area contributed by atoms with Gasteiger partial charge in [0.15, 0.2) is 6.10 Å². The average Bonchev–Trinajstić information content (AvgIpc) is 3.37. The van der Waals surface area contributed by atoms with Crippen LogP contribution in [0.4, 0.5) is 0 Å². The van der Waals surface area contributed by atoms with E-state index in [1.165, 1.54) is 238 Å². The fraction of sp³-hybridized carbons (Fsp3) is 0.892. The lowest BCUT2D eigenvalue weighted by Gasteiger charge is -2.18. The average molecular weight is 1000 g/mol. The second kappa shape index (κ2) is 60.4. The third kappa shape index (κ3) is 58.7. The first kappa shape index (κ1) is 68.9. The number of allylic oxidation sites excluding steroid dienone is 4. The van der Waals surface area contributed by atoms with Crippen LogP contribution in [0.25, 0.3) is 0 Å². The summed E-state index contributed by atoms with van der Waals surface area (Å²) < 4.78 is 16.8. The molecule has 0 fully saturated rings. The molecule has 0 spiro atoms. The highest BCUT2D eigenvalue weighted by Crippen LogP contribution is 2.18. The van der Waals surface area contributed by atoms with Gasteiger partial charge in [0.05, 0.1) is 0 Å². The van der Waals surface area contributed by atoms with Gasteiger partial charge in [-0.1, -0.05) is 295 Å². The van der Waals surface area contributed by atoms with Gasteiger partial charge >= 0.3 is 17.9 Å². The molecular weight excluding hydrogens is 877 g/mol. The number of hydrogen-bond acceptors (Lipinski definition) is 6. The molecule has 0 aliphatic carbocycles. The Morgan fingerprint density at radius 1 is 0.268 bits per heavy atom. The van der Waals surface area contributed by atoms with Crippen molar-refractivity contribution in [2.75, 3.05) is 13.2 Å². The first-order valence-corrected chi connectivity index (χ1v) is 31.8. The Balaban J connectivity index is 3.84. The highest BCUT2D eigenvalue weighted by atomic mass is 16.6. The van der Waals surface area contributed by atoms with Crippen LogP contribution in [-0.4, -0.2) is 37.2 Å². The van der Waals surface area contributed by atoms with Gasteiger partial charge in [0, 0.05) is 19.3 Å². The molecule has 0 saturated carbocycles. The molecule has 0 aliphatic rings. The normalized spacial score (nSPS) is 12.1. The van der Waals surface area contributed by atoms with E-state index < -0.39 is 6.10 Å². The SMILES string of the molecule is CCC/C=C\CCCCCCCC(=O)OC(COC(=O)CCCCCCCCCC)COC(=O)CCCCCCCCCCCCCCCCCCCCCCCCC/C=C\CCCCCCCCCC. The minimum atomic E-state index is -0.768. The Morgan fingerprint density at radius 2 is 0.493 bits per heavy atom. The van der Waals surface area contributed by atoms with Crippen molar-refractivity contribution in [2.24, 2.45) is 0 Å². The van der Waals surface area contributed by atoms with Gasteiger partial charge in [-0.25, -0.2) is 0 Å². The molecule has 1 unspecified atom stereocenters. The van der Waals surface area contributed by atoms with Gasteiger partial charge in [-0.2, -0.15) is 0 Å². The standard InChI is InChI=1S/C65H122O6/c1-4-7-10-13-16-19-21-22-23-24-25-26-27-28-29-30-31-32-33-34-35-36-37-38-39-40-41-42-43-44-45-47-49-52-55-58-64(67)70-61-62(60-69-63(66)57-54-51-48-18-15-12-9-6-3)71-65(68)59-56-53-50-46-20-17-14-11-8-5-2/h11,14,24-25,62H,4-10,12-13,15-23,26-61H2,1-3H3/b14-11-,25-24-. The number of carbonyl (C=O) groups excluding carboxylic acids is 3. The summed E-state index contributed by atoms with van der Waals surface area (Å²) in [5, 5.41) is 0. The Kier molecular flexibility index (Phi) is 58.6. The smallest absolute Gasteiger partial charge is 0.306 e. The minimum Gasteiger partial charge on any atom is -0.462 e. The van der Waals surface area contributed by atoms with Crippen LogP contribution in [0.1, 0.15) is 355 Å². The van der Waals surface area contributed by atoms with Gasteiger partial charge in [0.2, 0.25) is 0 Å². The third-order valence-corrected chi connectivity index (χ3v) is 14.4. The van der Waals surface area contributed by atoms with Crippen LogP contribution >= 0.6 is 0 Å². The predicted octanol–water partition coefficient (Wildman–Crippen LogP) is 21.4. The van der Waals surface area contributed by atoms with Gasteiger partial charge < -0.3 is 14.2 Å². The first-order chi connectivity index (χ1) is 35.0. The van der Waals surface area contributed by atoms with Crippen molar-refractivity contribution in [2.45, 2.75) is 361 Å². The van der Waals surface area contributed by atoms with Crippen LogP contribution in [0.3, 0.4) is 0 Å². The van der Waals surface area contributed by atoms with E-state index in [4.69, 9.17) is 14.2 Å². The number of ether oxygens (including phenoxy) is 3. The maximum Gasteiger partial charge on any atom is 0.306 e. The van der Waals surface area contributed by atoms with Gasteiger partial charge in [-0.15, -0.1) is 0 Å². The number of esters is 3. The summed E-state index contributed by atoms with van der Waals surface area (Å²) in [6, 6.07) is 0. The molecular formula is C65H122O6. The molecule has 0 aromatic carbocycles. The van der Waals surface area contributed by atoms with E-state index in [0.717, 1.165) is 77.0 Å². The Morgan fingerprint density at radius 3 is 0.761 bits per heavy atom. The highest BCUT2D eigenvalue weighted by molar-refractivity contribution is 5.71. The molecule has 0 aliphatic heterocycles. The van der Waals surface area contributed by atoms with Gasteiger partial charge in [-0.05, 0) is 64.2 Å². The van der Waals surface area contributed by atoms with Crippen molar-refractivity contribution in [1.29, 1.82) is 0 Å². The summed E-state index contributed by atoms with van der Waals surface area (Å²) in [4.78, 5) is 37.9. The van der Waals surface area contributed by atoms with Crippen LogP contribution in [0, 0.1) is 0 Å². The lowest BCUT2D eigenvalue weighted by molar-refractivity contribution is -0.167. The van der Waals surface area contributed by atoms with Crippen molar-refractivity contribution in [3.05, 3.63) is 24.3 Å². The Hall–Kier alpha value is -2.11. The monoisotopic (exact) mass is 999 g/mol. The summed E-state index contributed by atoms with van der Waals surface area (Å²) in [5.41, 5.74) is 0. The van der Waals surface area contributed by atoms with Crippen LogP contribution in [0.5, 0.6) is 0 Å². The van der Waals surface area contributed by atoms with E-state index in [1.807, 2.05) is 0 Å². The molecule has 0 aromatic rings. The van der Waals surface area contributed by atoms with E-state index in [2.05, 4.69) is 45.1 Å². The van der Waals surface area contributed by atoms with Crippen LogP contribution < -0.4 is 0 Å². The second-order valence-electron chi connectivity index (χ2n) is 21.7. The molecule has 0 aromatic heterocycles. The number of unbranched alkanes of at least 4 members (excludes halogenated alkanes) is 44. The maximum absolute atomic E-state index is 12.7.